The van der Waals surface area contributed by atoms with Crippen molar-refractivity contribution in [1.82, 2.24) is 9.88 Å². The van der Waals surface area contributed by atoms with E-state index in [0.29, 0.717) is 16.9 Å². The zero-order valence-electron chi connectivity index (χ0n) is 18.1. The van der Waals surface area contributed by atoms with Crippen molar-refractivity contribution in [2.45, 2.75) is 39.5 Å². The van der Waals surface area contributed by atoms with Crippen LogP contribution < -0.4 is 4.74 Å². The summed E-state index contributed by atoms with van der Waals surface area (Å²) >= 11 is 1.51. The summed E-state index contributed by atoms with van der Waals surface area (Å²) in [5.74, 6) is -0.808. The maximum Gasteiger partial charge on any atom is 0.295 e. The minimum Gasteiger partial charge on any atom is -0.507 e. The molecule has 1 saturated heterocycles. The van der Waals surface area contributed by atoms with Gasteiger partial charge in [-0.05, 0) is 73.7 Å². The summed E-state index contributed by atoms with van der Waals surface area (Å²) in [4.78, 5) is 32.6. The monoisotopic (exact) mass is 448 g/mol. The van der Waals surface area contributed by atoms with Crippen LogP contribution in [0.25, 0.3) is 5.76 Å². The van der Waals surface area contributed by atoms with Crippen LogP contribution in [0.5, 0.6) is 5.75 Å². The molecule has 1 N–H and O–H groups in total. The van der Waals surface area contributed by atoms with Gasteiger partial charge in [-0.2, -0.15) is 0 Å². The van der Waals surface area contributed by atoms with Gasteiger partial charge in [-0.15, -0.1) is 11.3 Å². The molecule has 1 amide bonds. The van der Waals surface area contributed by atoms with E-state index >= 15 is 0 Å². The molecule has 3 heterocycles. The fourth-order valence-electron chi connectivity index (χ4n) is 3.84. The molecule has 0 bridgehead atoms. The number of pyridine rings is 1. The van der Waals surface area contributed by atoms with Gasteiger partial charge in [0, 0.05) is 22.8 Å². The molecular formula is C25H24N2O4S. The number of aliphatic hydroxyl groups excluding tert-OH is 1. The van der Waals surface area contributed by atoms with Crippen molar-refractivity contribution in [3.05, 3.63) is 87.4 Å². The Morgan fingerprint density at radius 2 is 1.94 bits per heavy atom. The Balaban J connectivity index is 1.81. The molecule has 1 atom stereocenters. The van der Waals surface area contributed by atoms with Crippen LogP contribution in [0.15, 0.2) is 65.8 Å². The normalized spacial score (nSPS) is 17.9. The van der Waals surface area contributed by atoms with Crippen molar-refractivity contribution in [3.8, 4) is 5.75 Å². The first kappa shape index (κ1) is 21.8. The molecule has 0 radical (unpaired) electrons. The summed E-state index contributed by atoms with van der Waals surface area (Å²) in [7, 11) is 0. The fraction of sp³-hybridized carbons (Fsp3) is 0.240. The lowest BCUT2D eigenvalue weighted by atomic mass is 9.95. The number of hydrogen-bond donors (Lipinski definition) is 1. The average Bonchev–Trinajstić information content (AvgIpc) is 3.37. The lowest BCUT2D eigenvalue weighted by Crippen LogP contribution is -2.28. The number of aryl methyl sites for hydroxylation is 1. The molecule has 1 fully saturated rings. The van der Waals surface area contributed by atoms with E-state index in [0.717, 1.165) is 10.4 Å². The highest BCUT2D eigenvalue weighted by Crippen LogP contribution is 2.40. The maximum atomic E-state index is 13.1. The highest BCUT2D eigenvalue weighted by molar-refractivity contribution is 7.09. The summed E-state index contributed by atoms with van der Waals surface area (Å²) in [6.07, 6.45) is 3.24. The van der Waals surface area contributed by atoms with Crippen molar-refractivity contribution in [3.63, 3.8) is 0 Å². The molecule has 1 aliphatic heterocycles. The SMILES string of the molecule is Cc1cc(/C(O)=C2/C(=O)C(=O)N(Cc3cccs3)C2c2ccncc2)ccc1OC(C)C. The van der Waals surface area contributed by atoms with E-state index in [1.54, 1.807) is 42.7 Å². The minimum atomic E-state index is -0.702. The lowest BCUT2D eigenvalue weighted by Gasteiger charge is -2.24. The second-order valence-electron chi connectivity index (χ2n) is 7.93. The van der Waals surface area contributed by atoms with Crippen LogP contribution in [0, 0.1) is 6.92 Å². The van der Waals surface area contributed by atoms with E-state index in [9.17, 15) is 14.7 Å². The van der Waals surface area contributed by atoms with Crippen LogP contribution in [-0.4, -0.2) is 32.8 Å². The molecule has 4 rings (SSSR count). The Kier molecular flexibility index (Phi) is 6.10. The Bertz CT molecular complexity index is 1170. The Morgan fingerprint density at radius 3 is 2.56 bits per heavy atom. The number of ketones is 1. The first-order chi connectivity index (χ1) is 15.4. The molecule has 2 aromatic heterocycles. The van der Waals surface area contributed by atoms with Crippen LogP contribution in [0.1, 0.15) is 41.5 Å². The highest BCUT2D eigenvalue weighted by Gasteiger charge is 2.46. The van der Waals surface area contributed by atoms with Crippen LogP contribution in [0.2, 0.25) is 0 Å². The molecule has 1 aromatic carbocycles. The third-order valence-corrected chi connectivity index (χ3v) is 6.14. The average molecular weight is 449 g/mol. The summed E-state index contributed by atoms with van der Waals surface area (Å²) in [5.41, 5.74) is 2.09. The molecule has 0 aliphatic carbocycles. The number of carbonyl (C=O) groups excluding carboxylic acids is 2. The Labute approximate surface area is 190 Å². The number of thiophene rings is 1. The third-order valence-electron chi connectivity index (χ3n) is 5.28. The first-order valence-electron chi connectivity index (χ1n) is 10.3. The number of carbonyl (C=O) groups is 2. The number of hydrogen-bond acceptors (Lipinski definition) is 6. The van der Waals surface area contributed by atoms with Crippen molar-refractivity contribution in [2.75, 3.05) is 0 Å². The predicted octanol–water partition coefficient (Wildman–Crippen LogP) is 4.86. The van der Waals surface area contributed by atoms with Crippen LogP contribution in [-0.2, 0) is 16.1 Å². The Morgan fingerprint density at radius 1 is 1.19 bits per heavy atom. The van der Waals surface area contributed by atoms with Crippen molar-refractivity contribution in [2.24, 2.45) is 0 Å². The molecule has 6 nitrogen and oxygen atoms in total. The molecule has 164 valence electrons. The third kappa shape index (κ3) is 4.16. The summed E-state index contributed by atoms with van der Waals surface area (Å²) in [5, 5.41) is 13.1. The number of likely N-dealkylation sites (tertiary alicyclic amines) is 1. The molecule has 0 saturated carbocycles. The number of nitrogens with zero attached hydrogens (tertiary/aromatic N) is 2. The summed E-state index contributed by atoms with van der Waals surface area (Å²) in [6.45, 7) is 6.05. The van der Waals surface area contributed by atoms with E-state index in [4.69, 9.17) is 4.74 Å². The Hall–Kier alpha value is -3.45. The predicted molar refractivity (Wildman–Crippen MR) is 123 cm³/mol. The largest absolute Gasteiger partial charge is 0.507 e. The molecule has 1 unspecified atom stereocenters. The van der Waals surface area contributed by atoms with Crippen LogP contribution in [0.4, 0.5) is 0 Å². The number of rotatable bonds is 6. The quantitative estimate of drug-likeness (QED) is 0.331. The molecular weight excluding hydrogens is 424 g/mol. The zero-order valence-corrected chi connectivity index (χ0v) is 18.9. The summed E-state index contributed by atoms with van der Waals surface area (Å²) < 4.78 is 5.78. The molecule has 0 spiro atoms. The van der Waals surface area contributed by atoms with Gasteiger partial charge in [-0.3, -0.25) is 14.6 Å². The van der Waals surface area contributed by atoms with Gasteiger partial charge in [-0.25, -0.2) is 0 Å². The number of benzene rings is 1. The van der Waals surface area contributed by atoms with Crippen molar-refractivity contribution >= 4 is 28.8 Å². The molecule has 3 aromatic rings. The van der Waals surface area contributed by atoms with E-state index in [1.807, 2.05) is 38.3 Å². The van der Waals surface area contributed by atoms with Crippen molar-refractivity contribution < 1.29 is 19.4 Å². The topological polar surface area (TPSA) is 79.7 Å². The maximum absolute atomic E-state index is 13.1. The van der Waals surface area contributed by atoms with Gasteiger partial charge < -0.3 is 14.7 Å². The van der Waals surface area contributed by atoms with Crippen LogP contribution in [0.3, 0.4) is 0 Å². The number of aliphatic hydroxyl groups is 1. The highest BCUT2D eigenvalue weighted by atomic mass is 32.1. The number of amides is 1. The van der Waals surface area contributed by atoms with Gasteiger partial charge in [-0.1, -0.05) is 6.07 Å². The lowest BCUT2D eigenvalue weighted by molar-refractivity contribution is -0.140. The van der Waals surface area contributed by atoms with Gasteiger partial charge in [0.1, 0.15) is 11.5 Å². The van der Waals surface area contributed by atoms with Gasteiger partial charge in [0.25, 0.3) is 11.7 Å². The van der Waals surface area contributed by atoms with Gasteiger partial charge >= 0.3 is 0 Å². The molecule has 1 aliphatic rings. The number of aromatic nitrogens is 1. The molecule has 7 heteroatoms. The van der Waals surface area contributed by atoms with E-state index in [1.165, 1.54) is 16.2 Å². The van der Waals surface area contributed by atoms with Gasteiger partial charge in [0.15, 0.2) is 0 Å². The number of Topliss-reactive ketones (excluding diaryl/α,β-unsaturated/α-hetero) is 1. The fourth-order valence-corrected chi connectivity index (χ4v) is 4.55. The second-order valence-corrected chi connectivity index (χ2v) is 8.97. The van der Waals surface area contributed by atoms with Gasteiger partial charge in [0.05, 0.1) is 24.3 Å². The van der Waals surface area contributed by atoms with E-state index in [2.05, 4.69) is 4.98 Å². The smallest absolute Gasteiger partial charge is 0.295 e. The second kappa shape index (κ2) is 8.96. The van der Waals surface area contributed by atoms with Crippen molar-refractivity contribution in [1.29, 1.82) is 0 Å². The molecule has 32 heavy (non-hydrogen) atoms. The summed E-state index contributed by atoms with van der Waals surface area (Å²) in [6, 6.07) is 11.9. The number of ether oxygens (including phenoxy) is 1. The van der Waals surface area contributed by atoms with E-state index in [-0.39, 0.29) is 24.0 Å². The standard InChI is InChI=1S/C25H24N2O4S/c1-15(2)31-20-7-6-18(13-16(20)3)23(28)21-22(17-8-10-26-11-9-17)27(25(30)24(21)29)14-19-5-4-12-32-19/h4-13,15,22,28H,14H2,1-3H3/b23-21-. The minimum absolute atomic E-state index is 0.0161. The first-order valence-corrected chi connectivity index (χ1v) is 11.2. The van der Waals surface area contributed by atoms with Gasteiger partial charge in [0.2, 0.25) is 0 Å². The zero-order chi connectivity index (χ0) is 22.8. The van der Waals surface area contributed by atoms with Crippen LogP contribution >= 0.6 is 11.3 Å². The van der Waals surface area contributed by atoms with E-state index < -0.39 is 17.7 Å².